The van der Waals surface area contributed by atoms with Crippen LogP contribution in [-0.4, -0.2) is 30.0 Å². The summed E-state index contributed by atoms with van der Waals surface area (Å²) >= 11 is 5.67. The van der Waals surface area contributed by atoms with Gasteiger partial charge in [-0.25, -0.2) is 0 Å². The predicted molar refractivity (Wildman–Crippen MR) is 76.3 cm³/mol. The molecule has 0 unspecified atom stereocenters. The molecule has 1 aromatic rings. The zero-order valence-electron chi connectivity index (χ0n) is 11.4. The third-order valence-electron chi connectivity index (χ3n) is 2.55. The van der Waals surface area contributed by atoms with Crippen LogP contribution in [0.2, 0.25) is 5.02 Å². The second kappa shape index (κ2) is 8.21. The van der Waals surface area contributed by atoms with Gasteiger partial charge in [0.25, 0.3) is 11.6 Å². The van der Waals surface area contributed by atoms with Crippen LogP contribution in [0.25, 0.3) is 0 Å². The minimum absolute atomic E-state index is 0.0689. The number of nitrogens with zero attached hydrogens (tertiary/aromatic N) is 1. The van der Waals surface area contributed by atoms with Crippen molar-refractivity contribution in [2.45, 2.75) is 19.8 Å². The van der Waals surface area contributed by atoms with Gasteiger partial charge in [-0.1, -0.05) is 11.6 Å². The van der Waals surface area contributed by atoms with Gasteiger partial charge in [-0.15, -0.1) is 0 Å². The van der Waals surface area contributed by atoms with Crippen LogP contribution in [0.1, 0.15) is 30.1 Å². The summed E-state index contributed by atoms with van der Waals surface area (Å²) in [5, 5.41) is 13.6. The molecular formula is C13H15ClN2O5. The number of carbonyl (C=O) groups is 2. The largest absolute Gasteiger partial charge is 0.466 e. The number of nitro benzene ring substituents is 1. The lowest BCUT2D eigenvalue weighted by atomic mass is 10.1. The van der Waals surface area contributed by atoms with Gasteiger partial charge in [0.15, 0.2) is 0 Å². The fraction of sp³-hybridized carbons (Fsp3) is 0.385. The molecule has 0 spiro atoms. The fourth-order valence-electron chi connectivity index (χ4n) is 1.61. The average molecular weight is 315 g/mol. The van der Waals surface area contributed by atoms with Gasteiger partial charge in [-0.05, 0) is 25.5 Å². The third-order valence-corrected chi connectivity index (χ3v) is 2.78. The van der Waals surface area contributed by atoms with E-state index in [-0.39, 0.29) is 35.2 Å². The summed E-state index contributed by atoms with van der Waals surface area (Å²) in [6, 6.07) is 3.82. The maximum Gasteiger partial charge on any atom is 0.305 e. The van der Waals surface area contributed by atoms with Gasteiger partial charge in [0.05, 0.1) is 11.5 Å². The van der Waals surface area contributed by atoms with E-state index in [9.17, 15) is 19.7 Å². The highest BCUT2D eigenvalue weighted by molar-refractivity contribution is 6.31. The molecule has 0 aliphatic heterocycles. The topological polar surface area (TPSA) is 98.5 Å². The number of benzene rings is 1. The molecule has 0 aliphatic rings. The Hall–Kier alpha value is -2.15. The summed E-state index contributed by atoms with van der Waals surface area (Å²) in [7, 11) is 0. The van der Waals surface area contributed by atoms with E-state index < -0.39 is 10.8 Å². The molecule has 1 aromatic carbocycles. The Kier molecular flexibility index (Phi) is 6.61. The van der Waals surface area contributed by atoms with E-state index in [0.29, 0.717) is 13.0 Å². The maximum atomic E-state index is 11.9. The lowest BCUT2D eigenvalue weighted by Crippen LogP contribution is -2.25. The standard InChI is InChI=1S/C13H15ClN2O5/c1-2-21-12(17)4-3-7-15-13(18)10-6-5-9(14)8-11(10)16(19)20/h5-6,8H,2-4,7H2,1H3,(H,15,18). The number of amides is 1. The quantitative estimate of drug-likeness (QED) is 0.360. The van der Waals surface area contributed by atoms with Gasteiger partial charge in [0.1, 0.15) is 5.56 Å². The zero-order chi connectivity index (χ0) is 15.8. The van der Waals surface area contributed by atoms with E-state index in [2.05, 4.69) is 5.32 Å². The van der Waals surface area contributed by atoms with Crippen LogP contribution >= 0.6 is 11.6 Å². The van der Waals surface area contributed by atoms with Crippen molar-refractivity contribution in [3.8, 4) is 0 Å². The molecule has 21 heavy (non-hydrogen) atoms. The Morgan fingerprint density at radius 3 is 2.76 bits per heavy atom. The SMILES string of the molecule is CCOC(=O)CCCNC(=O)c1ccc(Cl)cc1[N+](=O)[O-]. The van der Waals surface area contributed by atoms with E-state index >= 15 is 0 Å². The normalized spacial score (nSPS) is 10.0. The Bertz CT molecular complexity index is 547. The number of carbonyl (C=O) groups excluding carboxylic acids is 2. The average Bonchev–Trinajstić information content (AvgIpc) is 2.43. The van der Waals surface area contributed by atoms with E-state index in [1.807, 2.05) is 0 Å². The highest BCUT2D eigenvalue weighted by Gasteiger charge is 2.20. The highest BCUT2D eigenvalue weighted by atomic mass is 35.5. The van der Waals surface area contributed by atoms with Crippen molar-refractivity contribution in [1.82, 2.24) is 5.32 Å². The Morgan fingerprint density at radius 1 is 1.43 bits per heavy atom. The second-order valence-electron chi connectivity index (χ2n) is 4.08. The van der Waals surface area contributed by atoms with Crippen LogP contribution in [-0.2, 0) is 9.53 Å². The van der Waals surface area contributed by atoms with Gasteiger partial charge in [0, 0.05) is 24.1 Å². The van der Waals surface area contributed by atoms with Crippen molar-refractivity contribution >= 4 is 29.2 Å². The van der Waals surface area contributed by atoms with Gasteiger partial charge in [-0.2, -0.15) is 0 Å². The lowest BCUT2D eigenvalue weighted by Gasteiger charge is -2.06. The molecule has 1 N–H and O–H groups in total. The van der Waals surface area contributed by atoms with Crippen LogP contribution in [0, 0.1) is 10.1 Å². The van der Waals surface area contributed by atoms with Gasteiger partial charge < -0.3 is 10.1 Å². The summed E-state index contributed by atoms with van der Waals surface area (Å²) in [6.45, 7) is 2.24. The van der Waals surface area contributed by atoms with Crippen molar-refractivity contribution in [1.29, 1.82) is 0 Å². The minimum atomic E-state index is -0.667. The Labute approximate surface area is 126 Å². The molecule has 0 aromatic heterocycles. The Balaban J connectivity index is 2.56. The first-order valence-electron chi connectivity index (χ1n) is 6.33. The smallest absolute Gasteiger partial charge is 0.305 e. The molecule has 0 saturated carbocycles. The van der Waals surface area contributed by atoms with Gasteiger partial charge in [0.2, 0.25) is 0 Å². The van der Waals surface area contributed by atoms with Crippen LogP contribution < -0.4 is 5.32 Å². The zero-order valence-corrected chi connectivity index (χ0v) is 12.2. The molecular weight excluding hydrogens is 300 g/mol. The number of rotatable bonds is 7. The Morgan fingerprint density at radius 2 is 2.14 bits per heavy atom. The van der Waals surface area contributed by atoms with Crippen molar-refractivity contribution in [2.24, 2.45) is 0 Å². The molecule has 8 heteroatoms. The maximum absolute atomic E-state index is 11.9. The molecule has 1 rings (SSSR count). The molecule has 7 nitrogen and oxygen atoms in total. The van der Waals surface area contributed by atoms with Crippen LogP contribution in [0.5, 0.6) is 0 Å². The van der Waals surface area contributed by atoms with Crippen molar-refractivity contribution in [2.75, 3.05) is 13.2 Å². The molecule has 0 radical (unpaired) electrons. The summed E-state index contributed by atoms with van der Waals surface area (Å²) in [4.78, 5) is 33.2. The molecule has 0 bridgehead atoms. The van der Waals surface area contributed by atoms with Crippen molar-refractivity contribution in [3.05, 3.63) is 38.9 Å². The van der Waals surface area contributed by atoms with Gasteiger partial charge in [-0.3, -0.25) is 19.7 Å². The number of halogens is 1. The minimum Gasteiger partial charge on any atom is -0.466 e. The number of esters is 1. The fourth-order valence-corrected chi connectivity index (χ4v) is 1.78. The molecule has 1 amide bonds. The molecule has 0 heterocycles. The molecule has 0 aliphatic carbocycles. The van der Waals surface area contributed by atoms with Crippen LogP contribution in [0.4, 0.5) is 5.69 Å². The van der Waals surface area contributed by atoms with E-state index in [1.54, 1.807) is 6.92 Å². The number of nitro groups is 1. The van der Waals surface area contributed by atoms with E-state index in [1.165, 1.54) is 12.1 Å². The monoisotopic (exact) mass is 314 g/mol. The summed E-state index contributed by atoms with van der Waals surface area (Å²) in [6.07, 6.45) is 0.572. The predicted octanol–water partition coefficient (Wildman–Crippen LogP) is 2.32. The molecule has 0 fully saturated rings. The lowest BCUT2D eigenvalue weighted by molar-refractivity contribution is -0.385. The molecule has 114 valence electrons. The number of hydrogen-bond acceptors (Lipinski definition) is 5. The summed E-state index contributed by atoms with van der Waals surface area (Å²) < 4.78 is 4.74. The first-order valence-corrected chi connectivity index (χ1v) is 6.71. The second-order valence-corrected chi connectivity index (χ2v) is 4.52. The summed E-state index contributed by atoms with van der Waals surface area (Å²) in [5.41, 5.74) is -0.425. The van der Waals surface area contributed by atoms with E-state index in [4.69, 9.17) is 16.3 Å². The number of hydrogen-bond donors (Lipinski definition) is 1. The van der Waals surface area contributed by atoms with Gasteiger partial charge >= 0.3 is 5.97 Å². The first-order chi connectivity index (χ1) is 9.95. The van der Waals surface area contributed by atoms with Crippen LogP contribution in [0.3, 0.4) is 0 Å². The highest BCUT2D eigenvalue weighted by Crippen LogP contribution is 2.23. The number of nitrogens with one attached hydrogen (secondary N) is 1. The van der Waals surface area contributed by atoms with E-state index in [0.717, 1.165) is 6.07 Å². The number of ether oxygens (including phenoxy) is 1. The van der Waals surface area contributed by atoms with Crippen molar-refractivity contribution < 1.29 is 19.2 Å². The van der Waals surface area contributed by atoms with Crippen molar-refractivity contribution in [3.63, 3.8) is 0 Å². The third kappa shape index (κ3) is 5.39. The first kappa shape index (κ1) is 16.9. The summed E-state index contributed by atoms with van der Waals surface area (Å²) in [5.74, 6) is -0.925. The van der Waals surface area contributed by atoms with Crippen LogP contribution in [0.15, 0.2) is 18.2 Å². The molecule has 0 saturated heterocycles. The molecule has 0 atom stereocenters.